The highest BCUT2D eigenvalue weighted by Crippen LogP contribution is 2.45. The number of benzene rings is 4. The quantitative estimate of drug-likeness (QED) is 0.0251. The minimum absolute atomic E-state index is 0.711. The predicted molar refractivity (Wildman–Crippen MR) is 334 cm³/mol. The molecule has 4 aromatic carbocycles. The van der Waals surface area contributed by atoms with E-state index in [4.69, 9.17) is 18.9 Å². The summed E-state index contributed by atoms with van der Waals surface area (Å²) in [5.41, 5.74) is 0. The first kappa shape index (κ1) is 62.9. The van der Waals surface area contributed by atoms with Crippen LogP contribution in [0.5, 0.6) is 23.0 Å². The van der Waals surface area contributed by atoms with Gasteiger partial charge in [-0.2, -0.15) is 0 Å². The van der Waals surface area contributed by atoms with Crippen LogP contribution < -0.4 is 18.9 Å². The molecular weight excluding hydrogens is 1110 g/mol. The van der Waals surface area contributed by atoms with Gasteiger partial charge in [0.05, 0.1) is 33.6 Å². The first-order valence-corrected chi connectivity index (χ1v) is 33.0. The van der Waals surface area contributed by atoms with Crippen molar-refractivity contribution in [1.82, 2.24) is 0 Å². The maximum Gasteiger partial charge on any atom is 0.161 e. The molecule has 0 unspecified atom stereocenters. The van der Waals surface area contributed by atoms with E-state index in [2.05, 4.69) is 109 Å². The third-order valence-corrected chi connectivity index (χ3v) is 16.8. The Morgan fingerprint density at radius 1 is 0.222 bits per heavy atom. The van der Waals surface area contributed by atoms with Gasteiger partial charge in [0.2, 0.25) is 0 Å². The predicted octanol–water partition coefficient (Wildman–Crippen LogP) is 23.6. The average Bonchev–Trinajstić information content (AvgIpc) is 3.38. The molecule has 0 bridgehead atoms. The van der Waals surface area contributed by atoms with Gasteiger partial charge < -0.3 is 18.9 Å². The number of hydrogen-bond donors (Lipinski definition) is 0. The van der Waals surface area contributed by atoms with Gasteiger partial charge in [-0.3, -0.25) is 0 Å². The van der Waals surface area contributed by atoms with E-state index >= 15 is 0 Å². The Hall–Kier alpha value is -1.68. The van der Waals surface area contributed by atoms with Crippen LogP contribution in [0.15, 0.2) is 36.4 Å². The van der Waals surface area contributed by atoms with Gasteiger partial charge in [0.1, 0.15) is 11.5 Å². The molecule has 0 atom stereocenters. The Bertz CT molecular complexity index is 1840. The van der Waals surface area contributed by atoms with Crippen molar-refractivity contribution < 1.29 is 18.9 Å². The fourth-order valence-corrected chi connectivity index (χ4v) is 11.8. The molecule has 0 spiro atoms. The van der Waals surface area contributed by atoms with E-state index in [1.807, 2.05) is 0 Å². The van der Waals surface area contributed by atoms with Crippen LogP contribution in [0.2, 0.25) is 0 Å². The molecule has 0 radical (unpaired) electrons. The zero-order valence-corrected chi connectivity index (χ0v) is 51.3. The lowest BCUT2D eigenvalue weighted by Gasteiger charge is -2.19. The fourth-order valence-electron chi connectivity index (χ4n) is 10.5. The van der Waals surface area contributed by atoms with Crippen molar-refractivity contribution in [3.63, 3.8) is 0 Å². The fraction of sp³-hybridized carbons (Fsp3) is 0.727. The second-order valence-electron chi connectivity index (χ2n) is 21.6. The lowest BCUT2D eigenvalue weighted by Crippen LogP contribution is -2.04. The number of rotatable bonds is 48. The van der Waals surface area contributed by atoms with Crippen molar-refractivity contribution in [3.05, 3.63) is 43.5 Å². The molecule has 6 heteroatoms. The van der Waals surface area contributed by atoms with E-state index in [0.29, 0.717) is 13.2 Å². The topological polar surface area (TPSA) is 36.9 Å². The van der Waals surface area contributed by atoms with E-state index in [0.717, 1.165) is 69.0 Å². The molecule has 408 valence electrons. The summed E-state index contributed by atoms with van der Waals surface area (Å²) in [5.74, 6) is 3.72. The van der Waals surface area contributed by atoms with Crippen LogP contribution in [-0.2, 0) is 0 Å². The summed E-state index contributed by atoms with van der Waals surface area (Å²) in [6, 6.07) is 14.0. The number of ether oxygens (including phenoxy) is 4. The summed E-state index contributed by atoms with van der Waals surface area (Å²) in [4.78, 5) is 0. The average molecular weight is 1220 g/mol. The summed E-state index contributed by atoms with van der Waals surface area (Å²) in [6.45, 7) is 12.1. The minimum atomic E-state index is 0.711. The van der Waals surface area contributed by atoms with Crippen LogP contribution in [0.4, 0.5) is 0 Å². The first-order chi connectivity index (χ1) is 35.5. The Balaban J connectivity index is 1.56. The highest BCUT2D eigenvalue weighted by Gasteiger charge is 2.19. The van der Waals surface area contributed by atoms with E-state index in [-0.39, 0.29) is 0 Å². The lowest BCUT2D eigenvalue weighted by atomic mass is 9.93. The number of halogens is 2. The number of fused-ring (bicyclic) bond motifs is 6. The van der Waals surface area contributed by atoms with Crippen LogP contribution in [0, 0.1) is 7.14 Å². The number of hydrogen-bond acceptors (Lipinski definition) is 4. The van der Waals surface area contributed by atoms with E-state index in [1.165, 1.54) is 263 Å². The molecule has 0 aliphatic rings. The highest BCUT2D eigenvalue weighted by atomic mass is 127. The van der Waals surface area contributed by atoms with Crippen molar-refractivity contribution in [2.75, 3.05) is 26.4 Å². The maximum absolute atomic E-state index is 6.81. The van der Waals surface area contributed by atoms with Gasteiger partial charge >= 0.3 is 0 Å². The molecule has 0 amide bonds. The summed E-state index contributed by atoms with van der Waals surface area (Å²) < 4.78 is 29.3. The highest BCUT2D eigenvalue weighted by molar-refractivity contribution is 14.1. The molecule has 0 aliphatic carbocycles. The molecule has 0 heterocycles. The second-order valence-corrected chi connectivity index (χ2v) is 23.9. The number of unbranched alkanes of at least 4 members (excludes halogenated alkanes) is 36. The molecule has 4 nitrogen and oxygen atoms in total. The third kappa shape index (κ3) is 25.4. The van der Waals surface area contributed by atoms with Gasteiger partial charge in [0.15, 0.2) is 11.5 Å². The SMILES string of the molecule is CCCCCCCCCCCCOc1cc2c(cc1I)c1cc(I)c(OCCCCCCCCCCCC)cc1c1cc(OCCCCCCCCCCCC)c(OCCCCCCCCCCCC)cc21. The molecule has 4 aromatic rings. The minimum Gasteiger partial charge on any atom is -0.492 e. The van der Waals surface area contributed by atoms with Gasteiger partial charge in [-0.25, -0.2) is 0 Å². The second kappa shape index (κ2) is 41.5. The molecule has 0 aromatic heterocycles. The Morgan fingerprint density at radius 3 is 0.611 bits per heavy atom. The Morgan fingerprint density at radius 2 is 0.389 bits per heavy atom. The van der Waals surface area contributed by atoms with Crippen LogP contribution in [0.3, 0.4) is 0 Å². The standard InChI is InChI=1S/C66H106I2O4/c1-5-9-13-17-21-25-29-33-37-41-45-69-63-51-57-55(49-61(63)67)56-50-62(68)64(70-46-42-38-34-30-26-22-18-14-10-6-2)52-58(56)60-54-66(72-48-44-40-36-32-28-24-20-16-12-8-4)65(53-59(57)60)71-47-43-39-35-31-27-23-19-15-11-7-3/h49-54H,5-48H2,1-4H3. The van der Waals surface area contributed by atoms with Crippen LogP contribution in [-0.4, -0.2) is 26.4 Å². The van der Waals surface area contributed by atoms with Gasteiger partial charge in [0, 0.05) is 0 Å². The molecule has 0 saturated carbocycles. The van der Waals surface area contributed by atoms with Crippen molar-refractivity contribution in [2.24, 2.45) is 0 Å². The zero-order valence-electron chi connectivity index (χ0n) is 47.0. The smallest absolute Gasteiger partial charge is 0.161 e. The third-order valence-electron chi connectivity index (χ3n) is 15.1. The molecule has 0 saturated heterocycles. The lowest BCUT2D eigenvalue weighted by molar-refractivity contribution is 0.259. The summed E-state index contributed by atoms with van der Waals surface area (Å²) in [6.07, 6.45) is 52.7. The van der Waals surface area contributed by atoms with E-state index in [1.54, 1.807) is 0 Å². The molecule has 0 N–H and O–H groups in total. The summed E-state index contributed by atoms with van der Waals surface area (Å²) in [5, 5.41) is 7.35. The molecule has 0 fully saturated rings. The van der Waals surface area contributed by atoms with Crippen LogP contribution in [0.25, 0.3) is 32.3 Å². The van der Waals surface area contributed by atoms with Crippen molar-refractivity contribution in [3.8, 4) is 23.0 Å². The molecular formula is C66H106I2O4. The van der Waals surface area contributed by atoms with Crippen molar-refractivity contribution >= 4 is 77.5 Å². The van der Waals surface area contributed by atoms with Gasteiger partial charge in [-0.15, -0.1) is 0 Å². The summed E-state index contributed by atoms with van der Waals surface area (Å²) in [7, 11) is 0. The molecule has 72 heavy (non-hydrogen) atoms. The van der Waals surface area contributed by atoms with Crippen molar-refractivity contribution in [1.29, 1.82) is 0 Å². The van der Waals surface area contributed by atoms with Crippen molar-refractivity contribution in [2.45, 2.75) is 285 Å². The Kier molecular flexibility index (Phi) is 36.2. The first-order valence-electron chi connectivity index (χ1n) is 30.9. The van der Waals surface area contributed by atoms with E-state index < -0.39 is 0 Å². The monoisotopic (exact) mass is 1220 g/mol. The normalized spacial score (nSPS) is 11.7. The van der Waals surface area contributed by atoms with Crippen LogP contribution in [0.1, 0.15) is 285 Å². The van der Waals surface area contributed by atoms with Gasteiger partial charge in [0.25, 0.3) is 0 Å². The zero-order chi connectivity index (χ0) is 51.1. The Labute approximate surface area is 470 Å². The maximum atomic E-state index is 6.81. The van der Waals surface area contributed by atoms with Gasteiger partial charge in [-0.1, -0.05) is 259 Å². The largest absolute Gasteiger partial charge is 0.492 e. The summed E-state index contributed by atoms with van der Waals surface area (Å²) >= 11 is 5.01. The van der Waals surface area contributed by atoms with E-state index in [9.17, 15) is 0 Å². The molecule has 0 aliphatic heterocycles. The van der Waals surface area contributed by atoms with Gasteiger partial charge in [-0.05, 0) is 140 Å². The molecule has 4 rings (SSSR count). The van der Waals surface area contributed by atoms with Crippen LogP contribution >= 0.6 is 45.2 Å².